The minimum atomic E-state index is -0.793. The topological polar surface area (TPSA) is 37.3 Å². The highest BCUT2D eigenvalue weighted by Crippen LogP contribution is 2.27. The molecule has 0 saturated carbocycles. The van der Waals surface area contributed by atoms with Crippen molar-refractivity contribution in [2.75, 3.05) is 0 Å². The van der Waals surface area contributed by atoms with Crippen LogP contribution in [0.4, 0.5) is 0 Å². The van der Waals surface area contributed by atoms with Crippen molar-refractivity contribution in [2.24, 2.45) is 0 Å². The van der Waals surface area contributed by atoms with Crippen LogP contribution in [0.2, 0.25) is 0 Å². The molecule has 2 rings (SSSR count). The Kier molecular flexibility index (Phi) is 3.70. The lowest BCUT2D eigenvalue weighted by Gasteiger charge is -2.11. The monoisotopic (exact) mass is 254 g/mol. The second-order valence-electron chi connectivity index (χ2n) is 5.00. The Balaban J connectivity index is 2.49. The van der Waals surface area contributed by atoms with Crippen molar-refractivity contribution in [3.8, 4) is 11.1 Å². The molecule has 0 radical (unpaired) electrons. The summed E-state index contributed by atoms with van der Waals surface area (Å²) in [4.78, 5) is 11.1. The molecule has 2 aromatic carbocycles. The summed E-state index contributed by atoms with van der Waals surface area (Å²) in [6.07, 6.45) is 0. The van der Waals surface area contributed by atoms with Crippen molar-refractivity contribution >= 4 is 5.97 Å². The molecule has 2 aromatic rings. The number of rotatable bonds is 3. The number of hydrogen-bond acceptors (Lipinski definition) is 1. The summed E-state index contributed by atoms with van der Waals surface area (Å²) in [5.41, 5.74) is 5.49. The summed E-state index contributed by atoms with van der Waals surface area (Å²) in [6.45, 7) is 5.85. The second-order valence-corrected chi connectivity index (χ2v) is 5.00. The van der Waals surface area contributed by atoms with E-state index in [1.165, 1.54) is 16.7 Å². The summed E-state index contributed by atoms with van der Waals surface area (Å²) in [5.74, 6) is -1.27. The van der Waals surface area contributed by atoms with E-state index in [0.29, 0.717) is 0 Å². The third-order valence-electron chi connectivity index (χ3n) is 3.46. The van der Waals surface area contributed by atoms with E-state index in [-0.39, 0.29) is 0 Å². The molecular weight excluding hydrogens is 236 g/mol. The SMILES string of the molecule is Cc1ccc(C)c(-c2cccc(C(C)C(=O)O)c2)c1. The number of aryl methyl sites for hydroxylation is 2. The highest BCUT2D eigenvalue weighted by molar-refractivity contribution is 5.77. The van der Waals surface area contributed by atoms with Crippen LogP contribution in [0.5, 0.6) is 0 Å². The first-order chi connectivity index (χ1) is 8.99. The maximum atomic E-state index is 11.1. The minimum absolute atomic E-state index is 0.481. The molecule has 0 aliphatic heterocycles. The molecule has 1 unspecified atom stereocenters. The van der Waals surface area contributed by atoms with Crippen LogP contribution >= 0.6 is 0 Å². The van der Waals surface area contributed by atoms with Gasteiger partial charge in [-0.3, -0.25) is 4.79 Å². The van der Waals surface area contributed by atoms with Crippen LogP contribution in [0.1, 0.15) is 29.5 Å². The van der Waals surface area contributed by atoms with E-state index in [1.807, 2.05) is 24.3 Å². The van der Waals surface area contributed by atoms with Gasteiger partial charge in [0.05, 0.1) is 5.92 Å². The van der Waals surface area contributed by atoms with Gasteiger partial charge in [0.25, 0.3) is 0 Å². The average molecular weight is 254 g/mol. The van der Waals surface area contributed by atoms with Crippen LogP contribution in [0.15, 0.2) is 42.5 Å². The van der Waals surface area contributed by atoms with Crippen molar-refractivity contribution in [3.05, 3.63) is 59.2 Å². The zero-order valence-electron chi connectivity index (χ0n) is 11.5. The van der Waals surface area contributed by atoms with Gasteiger partial charge in [0.2, 0.25) is 0 Å². The first-order valence-corrected chi connectivity index (χ1v) is 6.39. The van der Waals surface area contributed by atoms with Crippen LogP contribution in [0.3, 0.4) is 0 Å². The van der Waals surface area contributed by atoms with E-state index in [9.17, 15) is 4.79 Å². The number of hydrogen-bond donors (Lipinski definition) is 1. The molecule has 2 heteroatoms. The van der Waals surface area contributed by atoms with E-state index in [4.69, 9.17) is 5.11 Å². The molecule has 0 spiro atoms. The third kappa shape index (κ3) is 2.84. The summed E-state index contributed by atoms with van der Waals surface area (Å²) >= 11 is 0. The zero-order valence-corrected chi connectivity index (χ0v) is 11.5. The Bertz CT molecular complexity index is 614. The normalized spacial score (nSPS) is 12.2. The van der Waals surface area contributed by atoms with Crippen LogP contribution in [0, 0.1) is 13.8 Å². The van der Waals surface area contributed by atoms with Crippen molar-refractivity contribution in [3.63, 3.8) is 0 Å². The Hall–Kier alpha value is -2.09. The summed E-state index contributed by atoms with van der Waals surface area (Å²) in [7, 11) is 0. The molecule has 0 bridgehead atoms. The summed E-state index contributed by atoms with van der Waals surface area (Å²) < 4.78 is 0. The molecule has 0 fully saturated rings. The number of carboxylic acid groups (broad SMARTS) is 1. The van der Waals surface area contributed by atoms with Gasteiger partial charge in [0, 0.05) is 0 Å². The van der Waals surface area contributed by atoms with Gasteiger partial charge in [-0.2, -0.15) is 0 Å². The third-order valence-corrected chi connectivity index (χ3v) is 3.46. The fourth-order valence-corrected chi connectivity index (χ4v) is 2.16. The molecule has 1 N–H and O–H groups in total. The Morgan fingerprint density at radius 1 is 1.11 bits per heavy atom. The lowest BCUT2D eigenvalue weighted by atomic mass is 9.93. The molecule has 0 aromatic heterocycles. The lowest BCUT2D eigenvalue weighted by Crippen LogP contribution is -2.07. The Morgan fingerprint density at radius 2 is 1.84 bits per heavy atom. The van der Waals surface area contributed by atoms with Crippen molar-refractivity contribution in [2.45, 2.75) is 26.7 Å². The van der Waals surface area contributed by atoms with Crippen molar-refractivity contribution in [1.82, 2.24) is 0 Å². The van der Waals surface area contributed by atoms with Gasteiger partial charge in [0.15, 0.2) is 0 Å². The molecule has 2 nitrogen and oxygen atoms in total. The molecule has 0 saturated heterocycles. The van der Waals surface area contributed by atoms with Gasteiger partial charge in [-0.15, -0.1) is 0 Å². The highest BCUT2D eigenvalue weighted by Gasteiger charge is 2.14. The predicted molar refractivity (Wildman–Crippen MR) is 77.4 cm³/mol. The number of aliphatic carboxylic acids is 1. The molecular formula is C17H18O2. The summed E-state index contributed by atoms with van der Waals surface area (Å²) in [5, 5.41) is 9.10. The Labute approximate surface area is 113 Å². The van der Waals surface area contributed by atoms with Gasteiger partial charge < -0.3 is 5.11 Å². The zero-order chi connectivity index (χ0) is 14.0. The second kappa shape index (κ2) is 5.27. The van der Waals surface area contributed by atoms with Gasteiger partial charge in [-0.05, 0) is 43.0 Å². The molecule has 0 heterocycles. The minimum Gasteiger partial charge on any atom is -0.481 e. The first kappa shape index (κ1) is 13.3. The van der Waals surface area contributed by atoms with Crippen LogP contribution in [0.25, 0.3) is 11.1 Å². The van der Waals surface area contributed by atoms with E-state index in [1.54, 1.807) is 6.92 Å². The molecule has 98 valence electrons. The lowest BCUT2D eigenvalue weighted by molar-refractivity contribution is -0.138. The van der Waals surface area contributed by atoms with Crippen LogP contribution in [-0.4, -0.2) is 11.1 Å². The number of carboxylic acids is 1. The van der Waals surface area contributed by atoms with Crippen LogP contribution in [-0.2, 0) is 4.79 Å². The van der Waals surface area contributed by atoms with Gasteiger partial charge >= 0.3 is 5.97 Å². The quantitative estimate of drug-likeness (QED) is 0.893. The van der Waals surface area contributed by atoms with Gasteiger partial charge in [-0.1, -0.05) is 48.0 Å². The van der Waals surface area contributed by atoms with Crippen molar-refractivity contribution < 1.29 is 9.90 Å². The van der Waals surface area contributed by atoms with E-state index < -0.39 is 11.9 Å². The fraction of sp³-hybridized carbons (Fsp3) is 0.235. The standard InChI is InChI=1S/C17H18O2/c1-11-7-8-12(2)16(9-11)15-6-4-5-14(10-15)13(3)17(18)19/h4-10,13H,1-3H3,(H,18,19). The molecule has 1 atom stereocenters. The molecule has 0 amide bonds. The van der Waals surface area contributed by atoms with Crippen LogP contribution < -0.4 is 0 Å². The largest absolute Gasteiger partial charge is 0.481 e. The number of benzene rings is 2. The maximum absolute atomic E-state index is 11.1. The highest BCUT2D eigenvalue weighted by atomic mass is 16.4. The van der Waals surface area contributed by atoms with Crippen molar-refractivity contribution in [1.29, 1.82) is 0 Å². The first-order valence-electron chi connectivity index (χ1n) is 6.39. The fourth-order valence-electron chi connectivity index (χ4n) is 2.16. The summed E-state index contributed by atoms with van der Waals surface area (Å²) in [6, 6.07) is 14.1. The predicted octanol–water partition coefficient (Wildman–Crippen LogP) is 4.16. The molecule has 0 aliphatic rings. The van der Waals surface area contributed by atoms with E-state index >= 15 is 0 Å². The van der Waals surface area contributed by atoms with Gasteiger partial charge in [-0.25, -0.2) is 0 Å². The van der Waals surface area contributed by atoms with E-state index in [0.717, 1.165) is 11.1 Å². The smallest absolute Gasteiger partial charge is 0.310 e. The molecule has 0 aliphatic carbocycles. The maximum Gasteiger partial charge on any atom is 0.310 e. The average Bonchev–Trinajstić information content (AvgIpc) is 2.40. The van der Waals surface area contributed by atoms with Gasteiger partial charge in [0.1, 0.15) is 0 Å². The Morgan fingerprint density at radius 3 is 2.53 bits per heavy atom. The van der Waals surface area contributed by atoms with E-state index in [2.05, 4.69) is 32.0 Å². The number of carbonyl (C=O) groups is 1. The molecule has 19 heavy (non-hydrogen) atoms.